The molecule has 7 rings (SSSR count). The highest BCUT2D eigenvalue weighted by atomic mass is 16.3. The van der Waals surface area contributed by atoms with Gasteiger partial charge in [-0.1, -0.05) is 78.9 Å². The average molecular weight is 437 g/mol. The van der Waals surface area contributed by atoms with Gasteiger partial charge in [0.15, 0.2) is 0 Å². The van der Waals surface area contributed by atoms with Crippen LogP contribution in [-0.4, -0.2) is 9.55 Å². The van der Waals surface area contributed by atoms with Gasteiger partial charge in [-0.05, 0) is 41.5 Å². The smallest absolute Gasteiger partial charge is 0.138 e. The number of aromatic nitrogens is 2. The van der Waals surface area contributed by atoms with Crippen molar-refractivity contribution in [2.75, 3.05) is 0 Å². The van der Waals surface area contributed by atoms with E-state index in [9.17, 15) is 0 Å². The maximum absolute atomic E-state index is 5.77. The van der Waals surface area contributed by atoms with Crippen molar-refractivity contribution in [3.05, 3.63) is 122 Å². The highest BCUT2D eigenvalue weighted by molar-refractivity contribution is 6.12. The third-order valence-corrected chi connectivity index (χ3v) is 6.46. The molecule has 0 unspecified atom stereocenters. The highest BCUT2D eigenvalue weighted by Crippen LogP contribution is 2.36. The molecule has 0 saturated carbocycles. The van der Waals surface area contributed by atoms with Crippen LogP contribution in [0.25, 0.3) is 61.0 Å². The highest BCUT2D eigenvalue weighted by Gasteiger charge is 2.16. The molecule has 0 atom stereocenters. The molecule has 0 aliphatic rings. The van der Waals surface area contributed by atoms with Gasteiger partial charge in [0.2, 0.25) is 0 Å². The van der Waals surface area contributed by atoms with Gasteiger partial charge in [-0.2, -0.15) is 0 Å². The number of furan rings is 1. The minimum atomic E-state index is 0.874. The summed E-state index contributed by atoms with van der Waals surface area (Å²) in [4.78, 5) is 5.17. The molecule has 0 bridgehead atoms. The molecule has 0 fully saturated rings. The molecule has 0 radical (unpaired) electrons. The zero-order chi connectivity index (χ0) is 22.5. The zero-order valence-electron chi connectivity index (χ0n) is 18.3. The van der Waals surface area contributed by atoms with Crippen molar-refractivity contribution in [3.63, 3.8) is 0 Å². The van der Waals surface area contributed by atoms with Gasteiger partial charge in [-0.25, -0.2) is 4.98 Å². The first kappa shape index (κ1) is 18.9. The fourth-order valence-corrected chi connectivity index (χ4v) is 4.86. The number of para-hydroxylation sites is 1. The number of benzene rings is 4. The maximum Gasteiger partial charge on any atom is 0.138 e. The summed E-state index contributed by atoms with van der Waals surface area (Å²) in [6, 6.07) is 40.1. The lowest BCUT2D eigenvalue weighted by Crippen LogP contribution is -2.00. The predicted molar refractivity (Wildman–Crippen MR) is 139 cm³/mol. The largest absolute Gasteiger partial charge is 0.464 e. The molecule has 3 nitrogen and oxygen atoms in total. The molecular formula is C31H20N2O. The van der Waals surface area contributed by atoms with Crippen molar-refractivity contribution in [1.29, 1.82) is 0 Å². The lowest BCUT2D eigenvalue weighted by molar-refractivity contribution is 0.616. The molecule has 7 aromatic rings. The third kappa shape index (κ3) is 2.95. The molecule has 4 aromatic carbocycles. The van der Waals surface area contributed by atoms with Crippen LogP contribution in [0.3, 0.4) is 0 Å². The molecule has 3 heteroatoms. The Morgan fingerprint density at radius 3 is 2.12 bits per heavy atom. The Balaban J connectivity index is 1.59. The van der Waals surface area contributed by atoms with Gasteiger partial charge < -0.3 is 4.42 Å². The molecular weight excluding hydrogens is 416 g/mol. The lowest BCUT2D eigenvalue weighted by atomic mass is 10.0. The van der Waals surface area contributed by atoms with Crippen molar-refractivity contribution >= 4 is 32.8 Å². The van der Waals surface area contributed by atoms with E-state index in [1.54, 1.807) is 6.26 Å². The molecule has 0 saturated heterocycles. The summed E-state index contributed by atoms with van der Waals surface area (Å²) in [5.74, 6) is 0.886. The Bertz CT molecular complexity index is 1740. The molecule has 0 spiro atoms. The predicted octanol–water partition coefficient (Wildman–Crippen LogP) is 8.26. The second-order valence-electron chi connectivity index (χ2n) is 8.51. The van der Waals surface area contributed by atoms with E-state index in [0.717, 1.165) is 50.2 Å². The van der Waals surface area contributed by atoms with Gasteiger partial charge in [0.25, 0.3) is 0 Å². The van der Waals surface area contributed by atoms with Crippen molar-refractivity contribution in [2.45, 2.75) is 0 Å². The van der Waals surface area contributed by atoms with Crippen LogP contribution in [0.1, 0.15) is 0 Å². The van der Waals surface area contributed by atoms with Crippen LogP contribution in [0, 0.1) is 0 Å². The normalized spacial score (nSPS) is 11.5. The van der Waals surface area contributed by atoms with Crippen LogP contribution in [-0.2, 0) is 0 Å². The van der Waals surface area contributed by atoms with Gasteiger partial charge in [0.1, 0.15) is 11.4 Å². The summed E-state index contributed by atoms with van der Waals surface area (Å²) < 4.78 is 8.02. The van der Waals surface area contributed by atoms with Crippen molar-refractivity contribution in [1.82, 2.24) is 9.55 Å². The third-order valence-electron chi connectivity index (χ3n) is 6.46. The van der Waals surface area contributed by atoms with E-state index in [2.05, 4.69) is 102 Å². The molecule has 3 heterocycles. The molecule has 0 amide bonds. The van der Waals surface area contributed by atoms with Gasteiger partial charge in [0, 0.05) is 27.8 Å². The fourth-order valence-electron chi connectivity index (χ4n) is 4.86. The number of rotatable bonds is 3. The van der Waals surface area contributed by atoms with E-state index in [1.165, 1.54) is 10.8 Å². The van der Waals surface area contributed by atoms with Crippen LogP contribution in [0.2, 0.25) is 0 Å². The lowest BCUT2D eigenvalue weighted by Gasteiger charge is -2.13. The first-order valence-corrected chi connectivity index (χ1v) is 11.4. The number of nitrogens with zero attached hydrogens (tertiary/aromatic N) is 2. The van der Waals surface area contributed by atoms with Crippen molar-refractivity contribution < 1.29 is 4.42 Å². The number of pyridine rings is 1. The maximum atomic E-state index is 5.77. The van der Waals surface area contributed by atoms with Gasteiger partial charge >= 0.3 is 0 Å². The summed E-state index contributed by atoms with van der Waals surface area (Å²) in [5, 5.41) is 3.50. The van der Waals surface area contributed by atoms with Gasteiger partial charge in [0.05, 0.1) is 23.0 Å². The minimum absolute atomic E-state index is 0.874. The molecule has 160 valence electrons. The average Bonchev–Trinajstić information content (AvgIpc) is 3.50. The second-order valence-corrected chi connectivity index (χ2v) is 8.51. The standard InChI is InChI=1S/C31H20N2O/c1-3-9-21(10-4-1)24-18-27(22-11-5-2-6-12-22)32-31(19-24)33-28-14-8-7-13-25(28)26-17-23-15-16-34-30(23)20-29(26)33/h1-20H. The van der Waals surface area contributed by atoms with Crippen molar-refractivity contribution in [3.8, 4) is 28.2 Å². The summed E-state index contributed by atoms with van der Waals surface area (Å²) >= 11 is 0. The van der Waals surface area contributed by atoms with Crippen LogP contribution in [0.15, 0.2) is 126 Å². The molecule has 3 aromatic heterocycles. The van der Waals surface area contributed by atoms with E-state index in [0.29, 0.717) is 0 Å². The van der Waals surface area contributed by atoms with Crippen LogP contribution < -0.4 is 0 Å². The number of fused-ring (bicyclic) bond motifs is 4. The first-order chi connectivity index (χ1) is 16.8. The van der Waals surface area contributed by atoms with E-state index < -0.39 is 0 Å². The molecule has 0 aliphatic heterocycles. The van der Waals surface area contributed by atoms with E-state index in [1.807, 2.05) is 18.2 Å². The number of hydrogen-bond donors (Lipinski definition) is 0. The van der Waals surface area contributed by atoms with Crippen LogP contribution in [0.5, 0.6) is 0 Å². The summed E-state index contributed by atoms with van der Waals surface area (Å²) in [6.07, 6.45) is 1.75. The molecule has 34 heavy (non-hydrogen) atoms. The summed E-state index contributed by atoms with van der Waals surface area (Å²) in [7, 11) is 0. The molecule has 0 aliphatic carbocycles. The topological polar surface area (TPSA) is 31.0 Å². The molecule has 0 N–H and O–H groups in total. The van der Waals surface area contributed by atoms with Crippen molar-refractivity contribution in [2.24, 2.45) is 0 Å². The summed E-state index contributed by atoms with van der Waals surface area (Å²) in [5.41, 5.74) is 7.42. The van der Waals surface area contributed by atoms with Crippen LogP contribution >= 0.6 is 0 Å². The zero-order valence-corrected chi connectivity index (χ0v) is 18.3. The second kappa shape index (κ2) is 7.46. The van der Waals surface area contributed by atoms with E-state index in [-0.39, 0.29) is 0 Å². The van der Waals surface area contributed by atoms with Gasteiger partial charge in [-0.3, -0.25) is 4.57 Å². The Morgan fingerprint density at radius 1 is 0.559 bits per heavy atom. The van der Waals surface area contributed by atoms with E-state index >= 15 is 0 Å². The number of hydrogen-bond acceptors (Lipinski definition) is 2. The Hall–Kier alpha value is -4.63. The Kier molecular flexibility index (Phi) is 4.15. The van der Waals surface area contributed by atoms with E-state index in [4.69, 9.17) is 9.40 Å². The minimum Gasteiger partial charge on any atom is -0.464 e. The SMILES string of the molecule is c1ccc(-c2cc(-c3ccccc3)nc(-n3c4ccccc4c4cc5ccoc5cc43)c2)cc1. The first-order valence-electron chi connectivity index (χ1n) is 11.4. The fraction of sp³-hybridized carbons (Fsp3) is 0. The van der Waals surface area contributed by atoms with Gasteiger partial charge in [-0.15, -0.1) is 0 Å². The summed E-state index contributed by atoms with van der Waals surface area (Å²) in [6.45, 7) is 0. The Labute approximate surface area is 196 Å². The van der Waals surface area contributed by atoms with Crippen LogP contribution in [0.4, 0.5) is 0 Å². The quantitative estimate of drug-likeness (QED) is 0.279. The monoisotopic (exact) mass is 436 g/mol. The Morgan fingerprint density at radius 2 is 1.29 bits per heavy atom.